The maximum Gasteiger partial charge on any atom is -0.000180 e. The van der Waals surface area contributed by atoms with Crippen LogP contribution in [0.1, 0.15) is 11.1 Å². The van der Waals surface area contributed by atoms with Crippen molar-refractivity contribution in [1.82, 2.24) is 0 Å². The highest BCUT2D eigenvalue weighted by atomic mass is 31.1. The van der Waals surface area contributed by atoms with Gasteiger partial charge in [0.15, 0.2) is 0 Å². The molecule has 0 radical (unpaired) electrons. The number of hydrogen-bond acceptors (Lipinski definition) is 0. The summed E-state index contributed by atoms with van der Waals surface area (Å²) >= 11 is 0. The van der Waals surface area contributed by atoms with E-state index in [1.54, 1.807) is 5.31 Å². The molecule has 0 fully saturated rings. The molecule has 6 aromatic carbocycles. The molecule has 0 N–H and O–H groups in total. The molecule has 7 rings (SSSR count). The minimum Gasteiger partial charge on any atom is -0.0622 e. The third kappa shape index (κ3) is 5.11. The molecular weight excluding hydrogens is 530 g/mol. The van der Waals surface area contributed by atoms with E-state index < -0.39 is 15.8 Å². The van der Waals surface area contributed by atoms with Crippen molar-refractivity contribution in [2.45, 2.75) is 6.42 Å². The maximum atomic E-state index is 2.36. The topological polar surface area (TPSA) is 0 Å². The smallest absolute Gasteiger partial charge is 0.000180 e. The molecule has 0 aliphatic heterocycles. The number of rotatable bonds is 7. The molecule has 0 nitrogen and oxygen atoms in total. The van der Waals surface area contributed by atoms with Gasteiger partial charge in [-0.2, -0.15) is 0 Å². The van der Waals surface area contributed by atoms with E-state index in [1.165, 1.54) is 48.8 Å². The van der Waals surface area contributed by atoms with Crippen molar-refractivity contribution in [3.63, 3.8) is 0 Å². The quantitative estimate of drug-likeness (QED) is 0.171. The largest absolute Gasteiger partial charge is 0.0622 e. The van der Waals surface area contributed by atoms with Crippen LogP contribution in [0.25, 0.3) is 16.4 Å². The minimum absolute atomic E-state index is 0.736. The lowest BCUT2D eigenvalue weighted by atomic mass is 9.97. The van der Waals surface area contributed by atoms with Crippen molar-refractivity contribution < 1.29 is 0 Å². The van der Waals surface area contributed by atoms with Crippen molar-refractivity contribution in [1.29, 1.82) is 0 Å². The zero-order valence-electron chi connectivity index (χ0n) is 22.8. The highest BCUT2D eigenvalue weighted by Gasteiger charge is 2.36. The van der Waals surface area contributed by atoms with Crippen molar-refractivity contribution in [2.24, 2.45) is 0 Å². The molecule has 0 amide bonds. The van der Waals surface area contributed by atoms with E-state index >= 15 is 0 Å². The monoisotopic (exact) mass is 560 g/mol. The molecule has 1 aliphatic rings. The molecule has 0 heterocycles. The van der Waals surface area contributed by atoms with Gasteiger partial charge in [-0.3, -0.25) is 0 Å². The molecule has 0 saturated carbocycles. The van der Waals surface area contributed by atoms with Gasteiger partial charge >= 0.3 is 0 Å². The Kier molecular flexibility index (Phi) is 7.44. The second kappa shape index (κ2) is 11.8. The van der Waals surface area contributed by atoms with E-state index in [0.717, 1.165) is 6.42 Å². The first-order valence-electron chi connectivity index (χ1n) is 14.1. The lowest BCUT2D eigenvalue weighted by molar-refractivity contribution is 1.29. The van der Waals surface area contributed by atoms with Crippen LogP contribution in [0, 0.1) is 0 Å². The zero-order chi connectivity index (χ0) is 27.4. The summed E-state index contributed by atoms with van der Waals surface area (Å²) < 4.78 is 0. The average molecular weight is 561 g/mol. The average Bonchev–Trinajstić information content (AvgIpc) is 3.42. The van der Waals surface area contributed by atoms with Gasteiger partial charge in [-0.1, -0.05) is 170 Å². The third-order valence-corrected chi connectivity index (χ3v) is 13.0. The van der Waals surface area contributed by atoms with E-state index in [1.807, 2.05) is 0 Å². The molecule has 6 aromatic rings. The van der Waals surface area contributed by atoms with Gasteiger partial charge in [-0.05, 0) is 76.4 Å². The lowest BCUT2D eigenvalue weighted by Gasteiger charge is -2.28. The highest BCUT2D eigenvalue weighted by Crippen LogP contribution is 2.63. The molecule has 1 aliphatic carbocycles. The molecule has 0 aromatic heterocycles. The zero-order valence-corrected chi connectivity index (χ0v) is 24.6. The number of allylic oxidation sites excluding steroid dienone is 1. The Morgan fingerprint density at radius 3 is 1.24 bits per heavy atom. The fourth-order valence-corrected chi connectivity index (χ4v) is 11.6. The van der Waals surface area contributed by atoms with Gasteiger partial charge in [0.05, 0.1) is 0 Å². The summed E-state index contributed by atoms with van der Waals surface area (Å²) in [6.07, 6.45) is 0.972. The standard InChI is InChI=1S/C39H30P2/c1-6-17-30(18-7-1)36-28-16-19-31-29-37(40(32-20-8-2-9-21-32)33-22-10-3-11-23-33)39(38(31)36)41(34-24-12-4-13-25-34)35-26-14-5-15-27-35/h1-28H,29H2. The SMILES string of the molecule is c1ccc(-c2cccc3c2C(P(c2ccccc2)c2ccccc2)=C(P(c2ccccc2)c2ccccc2)C3)cc1. The van der Waals surface area contributed by atoms with Crippen LogP contribution >= 0.6 is 15.8 Å². The van der Waals surface area contributed by atoms with Crippen LogP contribution in [0.4, 0.5) is 0 Å². The van der Waals surface area contributed by atoms with Crippen LogP contribution in [0.5, 0.6) is 0 Å². The first kappa shape index (κ1) is 25.9. The number of hydrogen-bond donors (Lipinski definition) is 0. The summed E-state index contributed by atoms with van der Waals surface area (Å²) in [6, 6.07) is 62.7. The summed E-state index contributed by atoms with van der Waals surface area (Å²) in [5.74, 6) is 0. The highest BCUT2D eigenvalue weighted by molar-refractivity contribution is 7.85. The Balaban J connectivity index is 1.58. The predicted octanol–water partition coefficient (Wildman–Crippen LogP) is 8.84. The van der Waals surface area contributed by atoms with Gasteiger partial charge in [0, 0.05) is 0 Å². The van der Waals surface area contributed by atoms with Crippen LogP contribution in [0.15, 0.2) is 175 Å². The summed E-state index contributed by atoms with van der Waals surface area (Å²) in [6.45, 7) is 0. The Hall–Kier alpha value is -4.08. The molecule has 0 atom stereocenters. The van der Waals surface area contributed by atoms with Gasteiger partial charge in [-0.15, -0.1) is 0 Å². The number of benzene rings is 6. The molecule has 2 heteroatoms. The fraction of sp³-hybridized carbons (Fsp3) is 0.0256. The first-order chi connectivity index (χ1) is 20.4. The Morgan fingerprint density at radius 1 is 0.366 bits per heavy atom. The van der Waals surface area contributed by atoms with Gasteiger partial charge < -0.3 is 0 Å². The molecule has 0 saturated heterocycles. The maximum absolute atomic E-state index is 2.36. The van der Waals surface area contributed by atoms with Crippen molar-refractivity contribution >= 4 is 42.4 Å². The Bertz CT molecular complexity index is 1700. The van der Waals surface area contributed by atoms with Crippen LogP contribution < -0.4 is 21.2 Å². The van der Waals surface area contributed by atoms with E-state index in [9.17, 15) is 0 Å². The molecule has 0 bridgehead atoms. The Morgan fingerprint density at radius 2 is 0.780 bits per heavy atom. The molecule has 41 heavy (non-hydrogen) atoms. The van der Waals surface area contributed by atoms with Gasteiger partial charge in [0.2, 0.25) is 0 Å². The lowest BCUT2D eigenvalue weighted by Crippen LogP contribution is -2.16. The van der Waals surface area contributed by atoms with Crippen LogP contribution in [-0.2, 0) is 6.42 Å². The second-order valence-electron chi connectivity index (χ2n) is 10.2. The molecule has 0 spiro atoms. The van der Waals surface area contributed by atoms with E-state index in [-0.39, 0.29) is 0 Å². The van der Waals surface area contributed by atoms with Gasteiger partial charge in [0.25, 0.3) is 0 Å². The van der Waals surface area contributed by atoms with Crippen molar-refractivity contribution in [3.05, 3.63) is 186 Å². The summed E-state index contributed by atoms with van der Waals surface area (Å²) in [4.78, 5) is 0. The van der Waals surface area contributed by atoms with Crippen LogP contribution in [0.3, 0.4) is 0 Å². The normalized spacial score (nSPS) is 12.6. The van der Waals surface area contributed by atoms with Gasteiger partial charge in [-0.25, -0.2) is 0 Å². The van der Waals surface area contributed by atoms with Crippen molar-refractivity contribution in [2.75, 3.05) is 0 Å². The van der Waals surface area contributed by atoms with Crippen molar-refractivity contribution in [3.8, 4) is 11.1 Å². The van der Waals surface area contributed by atoms with Crippen LogP contribution in [-0.4, -0.2) is 0 Å². The Labute approximate surface area is 245 Å². The van der Waals surface area contributed by atoms with E-state index in [0.29, 0.717) is 0 Å². The first-order valence-corrected chi connectivity index (χ1v) is 16.8. The minimum atomic E-state index is -0.802. The van der Waals surface area contributed by atoms with Crippen LogP contribution in [0.2, 0.25) is 0 Å². The molecule has 0 unspecified atom stereocenters. The number of fused-ring (bicyclic) bond motifs is 1. The molecule has 196 valence electrons. The third-order valence-electron chi connectivity index (χ3n) is 7.65. The van der Waals surface area contributed by atoms with Gasteiger partial charge in [0.1, 0.15) is 0 Å². The molecular formula is C39H30P2. The summed E-state index contributed by atoms with van der Waals surface area (Å²) in [7, 11) is -1.54. The van der Waals surface area contributed by atoms with E-state index in [4.69, 9.17) is 0 Å². The second-order valence-corrected chi connectivity index (χ2v) is 14.6. The summed E-state index contributed by atoms with van der Waals surface area (Å²) in [5, 5.41) is 8.72. The van der Waals surface area contributed by atoms with E-state index in [2.05, 4.69) is 170 Å². The fourth-order valence-electron chi connectivity index (χ4n) is 5.90. The summed E-state index contributed by atoms with van der Waals surface area (Å²) in [5.41, 5.74) is 5.49. The predicted molar refractivity (Wildman–Crippen MR) is 181 cm³/mol.